The minimum absolute atomic E-state index is 0.290. The van der Waals surface area contributed by atoms with Gasteiger partial charge in [-0.3, -0.25) is 10.1 Å². The number of nitrogens with two attached hydrogens (primary N) is 1. The molecule has 0 radical (unpaired) electrons. The highest BCUT2D eigenvalue weighted by Crippen LogP contribution is 2.40. The molecule has 1 fully saturated rings. The van der Waals surface area contributed by atoms with Crippen LogP contribution in [-0.2, 0) is 4.79 Å². The minimum Gasteiger partial charge on any atom is -0.368 e. The van der Waals surface area contributed by atoms with Crippen molar-refractivity contribution < 1.29 is 4.79 Å². The lowest BCUT2D eigenvalue weighted by molar-refractivity contribution is -0.120. The first kappa shape index (κ1) is 17.0. The second-order valence-electron chi connectivity index (χ2n) is 7.30. The zero-order valence-corrected chi connectivity index (χ0v) is 14.1. The van der Waals surface area contributed by atoms with Crippen LogP contribution in [0.5, 0.6) is 0 Å². The first-order valence-electron chi connectivity index (χ1n) is 8.54. The third-order valence-corrected chi connectivity index (χ3v) is 5.56. The zero-order valence-electron chi connectivity index (χ0n) is 14.1. The van der Waals surface area contributed by atoms with Gasteiger partial charge in [0.25, 0.3) is 0 Å². The van der Waals surface area contributed by atoms with Crippen LogP contribution in [0.4, 0.5) is 0 Å². The van der Waals surface area contributed by atoms with Gasteiger partial charge in [0, 0.05) is 6.04 Å². The second-order valence-corrected chi connectivity index (χ2v) is 7.30. The molecule has 122 valence electrons. The molecule has 0 saturated heterocycles. The first-order valence-corrected chi connectivity index (χ1v) is 8.54. The van der Waals surface area contributed by atoms with Crippen LogP contribution < -0.4 is 11.1 Å². The predicted molar refractivity (Wildman–Crippen MR) is 91.3 cm³/mol. The van der Waals surface area contributed by atoms with E-state index in [2.05, 4.69) is 26.1 Å². The van der Waals surface area contributed by atoms with Gasteiger partial charge in [0.2, 0.25) is 5.91 Å². The quantitative estimate of drug-likeness (QED) is 0.840. The molecule has 1 aromatic carbocycles. The number of nitrogens with one attached hydrogen (secondary N) is 1. The molecule has 2 rings (SSSR count). The van der Waals surface area contributed by atoms with Crippen molar-refractivity contribution in [1.29, 1.82) is 0 Å². The number of carbonyl (C=O) groups excluding carboxylic acids is 1. The van der Waals surface area contributed by atoms with E-state index in [1.54, 1.807) is 0 Å². The molecule has 0 aliphatic heterocycles. The fraction of sp³-hybridized carbons (Fsp3) is 0.632. The number of amides is 1. The highest BCUT2D eigenvalue weighted by Gasteiger charge is 2.33. The van der Waals surface area contributed by atoms with Crippen molar-refractivity contribution in [2.45, 2.75) is 65.0 Å². The molecule has 1 atom stereocenters. The SMILES string of the molecule is CCC(C)(C)C1CCC(NC(C(N)=O)c2ccccc2)CC1. The van der Waals surface area contributed by atoms with Crippen molar-refractivity contribution in [3.8, 4) is 0 Å². The highest BCUT2D eigenvalue weighted by atomic mass is 16.1. The summed E-state index contributed by atoms with van der Waals surface area (Å²) in [5, 5.41) is 3.49. The Hall–Kier alpha value is -1.35. The Morgan fingerprint density at radius 3 is 2.32 bits per heavy atom. The standard InChI is InChI=1S/C19H30N2O/c1-4-19(2,3)15-10-12-16(13-11-15)21-17(18(20)22)14-8-6-5-7-9-14/h5-9,15-17,21H,4,10-13H2,1-3H3,(H2,20,22). The van der Waals surface area contributed by atoms with Gasteiger partial charge in [0.05, 0.1) is 0 Å². The smallest absolute Gasteiger partial charge is 0.239 e. The lowest BCUT2D eigenvalue weighted by Gasteiger charge is -2.39. The Morgan fingerprint density at radius 1 is 1.23 bits per heavy atom. The highest BCUT2D eigenvalue weighted by molar-refractivity contribution is 5.81. The normalized spacial score (nSPS) is 24.0. The number of rotatable bonds is 6. The van der Waals surface area contributed by atoms with Gasteiger partial charge < -0.3 is 5.73 Å². The molecule has 3 heteroatoms. The van der Waals surface area contributed by atoms with Crippen LogP contribution in [0.15, 0.2) is 30.3 Å². The summed E-state index contributed by atoms with van der Waals surface area (Å²) in [6.45, 7) is 7.03. The lowest BCUT2D eigenvalue weighted by Crippen LogP contribution is -2.43. The molecule has 0 heterocycles. The van der Waals surface area contributed by atoms with Crippen molar-refractivity contribution in [1.82, 2.24) is 5.32 Å². The maximum atomic E-state index is 11.8. The van der Waals surface area contributed by atoms with Gasteiger partial charge in [-0.05, 0) is 42.6 Å². The van der Waals surface area contributed by atoms with Crippen molar-refractivity contribution in [3.05, 3.63) is 35.9 Å². The van der Waals surface area contributed by atoms with E-state index in [0.717, 1.165) is 24.3 Å². The minimum atomic E-state index is -0.373. The number of hydrogen-bond donors (Lipinski definition) is 2. The molecule has 0 aromatic heterocycles. The van der Waals surface area contributed by atoms with Crippen LogP contribution in [-0.4, -0.2) is 11.9 Å². The number of primary amides is 1. The Kier molecular flexibility index (Phi) is 5.63. The van der Waals surface area contributed by atoms with E-state index in [1.165, 1.54) is 19.3 Å². The molecule has 1 aromatic rings. The summed E-state index contributed by atoms with van der Waals surface area (Å²) >= 11 is 0. The van der Waals surface area contributed by atoms with Gasteiger partial charge in [-0.25, -0.2) is 0 Å². The Labute approximate surface area is 134 Å². The van der Waals surface area contributed by atoms with Crippen LogP contribution in [0.3, 0.4) is 0 Å². The topological polar surface area (TPSA) is 55.1 Å². The fourth-order valence-electron chi connectivity index (χ4n) is 3.55. The van der Waals surface area contributed by atoms with E-state index < -0.39 is 0 Å². The fourth-order valence-corrected chi connectivity index (χ4v) is 3.55. The summed E-state index contributed by atoms with van der Waals surface area (Å²) in [5.74, 6) is 0.501. The third kappa shape index (κ3) is 4.10. The zero-order chi connectivity index (χ0) is 16.2. The van der Waals surface area contributed by atoms with Gasteiger partial charge in [0.1, 0.15) is 6.04 Å². The molecule has 1 aliphatic carbocycles. The third-order valence-electron chi connectivity index (χ3n) is 5.56. The average molecular weight is 302 g/mol. The van der Waals surface area contributed by atoms with Crippen LogP contribution in [0.2, 0.25) is 0 Å². The Bertz CT molecular complexity index is 475. The van der Waals surface area contributed by atoms with Gasteiger partial charge in [0.15, 0.2) is 0 Å². The van der Waals surface area contributed by atoms with E-state index in [4.69, 9.17) is 5.73 Å². The van der Waals surface area contributed by atoms with Crippen molar-refractivity contribution >= 4 is 5.91 Å². The van der Waals surface area contributed by atoms with Crippen molar-refractivity contribution in [3.63, 3.8) is 0 Å². The summed E-state index contributed by atoms with van der Waals surface area (Å²) in [6, 6.07) is 9.81. The van der Waals surface area contributed by atoms with E-state index >= 15 is 0 Å². The Balaban J connectivity index is 1.95. The molecular formula is C19H30N2O. The second kappa shape index (κ2) is 7.28. The number of benzene rings is 1. The number of hydrogen-bond acceptors (Lipinski definition) is 2. The molecule has 1 unspecified atom stereocenters. The van der Waals surface area contributed by atoms with E-state index in [9.17, 15) is 4.79 Å². The summed E-state index contributed by atoms with van der Waals surface area (Å²) in [7, 11) is 0. The van der Waals surface area contributed by atoms with E-state index in [-0.39, 0.29) is 11.9 Å². The average Bonchev–Trinajstić information content (AvgIpc) is 2.53. The van der Waals surface area contributed by atoms with Gasteiger partial charge >= 0.3 is 0 Å². The Morgan fingerprint density at radius 2 is 1.82 bits per heavy atom. The summed E-state index contributed by atoms with van der Waals surface area (Å²) in [6.07, 6.45) is 5.96. The molecule has 1 amide bonds. The molecule has 3 nitrogen and oxygen atoms in total. The largest absolute Gasteiger partial charge is 0.368 e. The summed E-state index contributed by atoms with van der Waals surface area (Å²) in [5.41, 5.74) is 6.99. The maximum Gasteiger partial charge on any atom is 0.239 e. The molecule has 1 aliphatic rings. The molecule has 0 spiro atoms. The molecule has 22 heavy (non-hydrogen) atoms. The van der Waals surface area contributed by atoms with Crippen molar-refractivity contribution in [2.75, 3.05) is 0 Å². The van der Waals surface area contributed by atoms with E-state index in [0.29, 0.717) is 11.5 Å². The lowest BCUT2D eigenvalue weighted by atomic mass is 9.69. The summed E-state index contributed by atoms with van der Waals surface area (Å²) in [4.78, 5) is 11.8. The predicted octanol–water partition coefficient (Wildman–Crippen LogP) is 3.80. The van der Waals surface area contributed by atoms with Crippen LogP contribution in [0.25, 0.3) is 0 Å². The maximum absolute atomic E-state index is 11.8. The van der Waals surface area contributed by atoms with Gasteiger partial charge in [-0.1, -0.05) is 57.5 Å². The summed E-state index contributed by atoms with van der Waals surface area (Å²) < 4.78 is 0. The molecule has 0 bridgehead atoms. The molecule has 1 saturated carbocycles. The van der Waals surface area contributed by atoms with Gasteiger partial charge in [-0.2, -0.15) is 0 Å². The molecular weight excluding hydrogens is 272 g/mol. The van der Waals surface area contributed by atoms with Crippen molar-refractivity contribution in [2.24, 2.45) is 17.1 Å². The van der Waals surface area contributed by atoms with Crippen LogP contribution in [0, 0.1) is 11.3 Å². The first-order chi connectivity index (χ1) is 10.4. The van der Waals surface area contributed by atoms with Gasteiger partial charge in [-0.15, -0.1) is 0 Å². The molecule has 3 N–H and O–H groups in total. The number of carbonyl (C=O) groups is 1. The van der Waals surface area contributed by atoms with E-state index in [1.807, 2.05) is 30.3 Å². The van der Waals surface area contributed by atoms with Crippen LogP contribution >= 0.6 is 0 Å². The monoisotopic (exact) mass is 302 g/mol. The van der Waals surface area contributed by atoms with Crippen LogP contribution in [0.1, 0.15) is 64.5 Å².